The van der Waals surface area contributed by atoms with E-state index in [1.165, 1.54) is 6.92 Å². The van der Waals surface area contributed by atoms with E-state index in [9.17, 15) is 9.59 Å². The van der Waals surface area contributed by atoms with Crippen LogP contribution in [0, 0.1) is 5.92 Å². The normalized spacial score (nSPS) is 12.8. The van der Waals surface area contributed by atoms with Gasteiger partial charge in [-0.3, -0.25) is 9.59 Å². The highest BCUT2D eigenvalue weighted by atomic mass is 35.5. The van der Waals surface area contributed by atoms with Gasteiger partial charge >= 0.3 is 5.97 Å². The van der Waals surface area contributed by atoms with E-state index in [1.807, 2.05) is 13.8 Å². The van der Waals surface area contributed by atoms with E-state index >= 15 is 0 Å². The van der Waals surface area contributed by atoms with Crippen LogP contribution in [0.5, 0.6) is 0 Å². The molecule has 0 spiro atoms. The summed E-state index contributed by atoms with van der Waals surface area (Å²) in [7, 11) is 0. The van der Waals surface area contributed by atoms with Crippen molar-refractivity contribution in [3.63, 3.8) is 0 Å². The summed E-state index contributed by atoms with van der Waals surface area (Å²) in [5.41, 5.74) is 0. The lowest BCUT2D eigenvalue weighted by atomic mass is 10.1. The Labute approximate surface area is 77.0 Å². The van der Waals surface area contributed by atoms with Gasteiger partial charge in [0.1, 0.15) is 0 Å². The van der Waals surface area contributed by atoms with Gasteiger partial charge in [-0.1, -0.05) is 13.8 Å². The first-order valence-electron chi connectivity index (χ1n) is 3.80. The second-order valence-corrected chi connectivity index (χ2v) is 3.40. The molecule has 4 heteroatoms. The molecule has 0 aliphatic heterocycles. The molecule has 0 aliphatic rings. The summed E-state index contributed by atoms with van der Waals surface area (Å²) in [6.45, 7) is 5.11. The molecular weight excluding hydrogens is 180 g/mol. The largest absolute Gasteiger partial charge is 0.453 e. The molecule has 1 atom stereocenters. The maximum absolute atomic E-state index is 10.7. The predicted molar refractivity (Wildman–Crippen MR) is 45.9 cm³/mol. The molecule has 0 radical (unpaired) electrons. The first-order valence-corrected chi connectivity index (χ1v) is 4.17. The van der Waals surface area contributed by atoms with Crippen LogP contribution in [0.3, 0.4) is 0 Å². The lowest BCUT2D eigenvalue weighted by Gasteiger charge is -2.14. The Kier molecular flexibility index (Phi) is 4.90. The number of esters is 1. The number of hydrogen-bond donors (Lipinski definition) is 0. The highest BCUT2D eigenvalue weighted by Crippen LogP contribution is 2.11. The van der Waals surface area contributed by atoms with Crippen molar-refractivity contribution >= 4 is 22.8 Å². The molecule has 0 fully saturated rings. The second-order valence-electron chi connectivity index (χ2n) is 3.03. The molecular formula is C8H13ClO3. The Morgan fingerprint density at radius 3 is 2.17 bits per heavy atom. The van der Waals surface area contributed by atoms with E-state index in [1.54, 1.807) is 0 Å². The van der Waals surface area contributed by atoms with Crippen molar-refractivity contribution in [3.05, 3.63) is 0 Å². The molecule has 0 saturated carbocycles. The maximum Gasteiger partial charge on any atom is 0.303 e. The third kappa shape index (κ3) is 5.13. The van der Waals surface area contributed by atoms with E-state index in [0.717, 1.165) is 0 Å². The summed E-state index contributed by atoms with van der Waals surface area (Å²) in [5.74, 6) is -0.202. The molecule has 0 aromatic rings. The fraction of sp³-hybridized carbons (Fsp3) is 0.750. The van der Waals surface area contributed by atoms with Crippen LogP contribution in [-0.2, 0) is 14.3 Å². The molecule has 70 valence electrons. The number of ether oxygens (including phenoxy) is 1. The van der Waals surface area contributed by atoms with E-state index in [4.69, 9.17) is 16.3 Å². The van der Waals surface area contributed by atoms with Crippen LogP contribution in [0.4, 0.5) is 0 Å². The zero-order valence-corrected chi connectivity index (χ0v) is 8.22. The van der Waals surface area contributed by atoms with Crippen molar-refractivity contribution in [1.29, 1.82) is 0 Å². The molecule has 0 aromatic heterocycles. The standard InChI is InChI=1S/C8H13ClO3/c1-5(2)4-7(8(9)11)12-6(3)10/h5,7H,4H2,1-3H3. The van der Waals surface area contributed by atoms with E-state index in [0.29, 0.717) is 6.42 Å². The van der Waals surface area contributed by atoms with Crippen molar-refractivity contribution < 1.29 is 14.3 Å². The molecule has 1 unspecified atom stereocenters. The molecule has 0 aliphatic carbocycles. The highest BCUT2D eigenvalue weighted by molar-refractivity contribution is 6.64. The smallest absolute Gasteiger partial charge is 0.303 e. The summed E-state index contributed by atoms with van der Waals surface area (Å²) < 4.78 is 4.70. The lowest BCUT2D eigenvalue weighted by molar-refractivity contribution is -0.151. The van der Waals surface area contributed by atoms with Gasteiger partial charge in [0.25, 0.3) is 5.24 Å². The summed E-state index contributed by atoms with van der Waals surface area (Å²) in [5, 5.41) is -0.612. The molecule has 0 rings (SSSR count). The SMILES string of the molecule is CC(=O)OC(CC(C)C)C(=O)Cl. The maximum atomic E-state index is 10.7. The molecule has 0 bridgehead atoms. The Morgan fingerprint density at radius 2 is 1.92 bits per heavy atom. The van der Waals surface area contributed by atoms with Crippen molar-refractivity contribution in [3.8, 4) is 0 Å². The highest BCUT2D eigenvalue weighted by Gasteiger charge is 2.20. The molecule has 0 aromatic carbocycles. The molecule has 0 saturated heterocycles. The summed E-state index contributed by atoms with van der Waals surface area (Å²) in [6, 6.07) is 0. The van der Waals surface area contributed by atoms with Crippen molar-refractivity contribution in [2.45, 2.75) is 33.3 Å². The van der Waals surface area contributed by atoms with Gasteiger partial charge in [0.15, 0.2) is 6.10 Å². The number of carbonyl (C=O) groups excluding carboxylic acids is 2. The van der Waals surface area contributed by atoms with Gasteiger partial charge in [-0.25, -0.2) is 0 Å². The Morgan fingerprint density at radius 1 is 1.42 bits per heavy atom. The minimum atomic E-state index is -0.788. The number of halogens is 1. The zero-order valence-electron chi connectivity index (χ0n) is 7.46. The molecule has 0 amide bonds. The van der Waals surface area contributed by atoms with Crippen molar-refractivity contribution in [2.75, 3.05) is 0 Å². The fourth-order valence-electron chi connectivity index (χ4n) is 0.816. The summed E-state index contributed by atoms with van der Waals surface area (Å²) >= 11 is 5.22. The van der Waals surface area contributed by atoms with E-state index in [-0.39, 0.29) is 5.92 Å². The molecule has 3 nitrogen and oxygen atoms in total. The summed E-state index contributed by atoms with van der Waals surface area (Å²) in [6.07, 6.45) is -0.314. The van der Waals surface area contributed by atoms with Crippen LogP contribution in [0.2, 0.25) is 0 Å². The van der Waals surface area contributed by atoms with Crippen LogP contribution in [0.1, 0.15) is 27.2 Å². The van der Waals surface area contributed by atoms with Crippen LogP contribution >= 0.6 is 11.6 Å². The van der Waals surface area contributed by atoms with Gasteiger partial charge in [-0.15, -0.1) is 0 Å². The van der Waals surface area contributed by atoms with Gasteiger partial charge in [-0.2, -0.15) is 0 Å². The van der Waals surface area contributed by atoms with E-state index in [2.05, 4.69) is 0 Å². The van der Waals surface area contributed by atoms with Gasteiger partial charge in [0.05, 0.1) is 0 Å². The van der Waals surface area contributed by atoms with Crippen LogP contribution in [0.15, 0.2) is 0 Å². The molecule has 0 N–H and O–H groups in total. The quantitative estimate of drug-likeness (QED) is 0.503. The average molecular weight is 193 g/mol. The van der Waals surface area contributed by atoms with Crippen molar-refractivity contribution in [2.24, 2.45) is 5.92 Å². The zero-order chi connectivity index (χ0) is 9.72. The van der Waals surface area contributed by atoms with Crippen LogP contribution in [-0.4, -0.2) is 17.3 Å². The predicted octanol–water partition coefficient (Wildman–Crippen LogP) is 1.73. The fourth-order valence-corrected chi connectivity index (χ4v) is 0.949. The number of hydrogen-bond acceptors (Lipinski definition) is 3. The minimum absolute atomic E-state index is 0.275. The lowest BCUT2D eigenvalue weighted by Crippen LogP contribution is -2.24. The van der Waals surface area contributed by atoms with E-state index < -0.39 is 17.3 Å². The summed E-state index contributed by atoms with van der Waals surface area (Å²) in [4.78, 5) is 21.2. The molecule has 0 heterocycles. The Balaban J connectivity index is 4.04. The average Bonchev–Trinajstić information content (AvgIpc) is 1.83. The number of rotatable bonds is 4. The monoisotopic (exact) mass is 192 g/mol. The van der Waals surface area contributed by atoms with Gasteiger partial charge < -0.3 is 4.74 Å². The van der Waals surface area contributed by atoms with Gasteiger partial charge in [0.2, 0.25) is 0 Å². The van der Waals surface area contributed by atoms with Gasteiger partial charge in [-0.05, 0) is 23.9 Å². The third-order valence-electron chi connectivity index (χ3n) is 1.25. The van der Waals surface area contributed by atoms with Crippen LogP contribution < -0.4 is 0 Å². The Hall–Kier alpha value is -0.570. The first kappa shape index (κ1) is 11.4. The Bertz CT molecular complexity index is 177. The third-order valence-corrected chi connectivity index (χ3v) is 1.49. The number of carbonyl (C=O) groups is 2. The first-order chi connectivity index (χ1) is 5.43. The van der Waals surface area contributed by atoms with Gasteiger partial charge in [0, 0.05) is 6.92 Å². The van der Waals surface area contributed by atoms with Crippen LogP contribution in [0.25, 0.3) is 0 Å². The minimum Gasteiger partial charge on any atom is -0.453 e. The second kappa shape index (κ2) is 5.14. The van der Waals surface area contributed by atoms with Crippen molar-refractivity contribution in [1.82, 2.24) is 0 Å². The molecule has 12 heavy (non-hydrogen) atoms. The topological polar surface area (TPSA) is 43.4 Å².